The zero-order valence-corrected chi connectivity index (χ0v) is 13.2. The lowest BCUT2D eigenvalue weighted by atomic mass is 10.2. The van der Waals surface area contributed by atoms with Crippen molar-refractivity contribution in [1.29, 1.82) is 0 Å². The maximum absolute atomic E-state index is 12.3. The molecule has 0 amide bonds. The van der Waals surface area contributed by atoms with Gasteiger partial charge in [-0.1, -0.05) is 29.8 Å². The molecule has 7 heteroatoms. The molecular formula is C16H9ClN4OS. The van der Waals surface area contributed by atoms with Crippen LogP contribution in [-0.4, -0.2) is 19.9 Å². The van der Waals surface area contributed by atoms with Gasteiger partial charge in [-0.3, -0.25) is 4.79 Å². The van der Waals surface area contributed by atoms with Crippen molar-refractivity contribution in [1.82, 2.24) is 19.9 Å². The van der Waals surface area contributed by atoms with Gasteiger partial charge in [0.1, 0.15) is 16.7 Å². The molecule has 0 fully saturated rings. The minimum absolute atomic E-state index is 0.188. The van der Waals surface area contributed by atoms with E-state index in [0.717, 1.165) is 10.4 Å². The van der Waals surface area contributed by atoms with Gasteiger partial charge in [0.15, 0.2) is 5.82 Å². The van der Waals surface area contributed by atoms with E-state index in [-0.39, 0.29) is 5.56 Å². The van der Waals surface area contributed by atoms with Gasteiger partial charge in [-0.25, -0.2) is 15.0 Å². The maximum Gasteiger partial charge on any atom is 0.269 e. The summed E-state index contributed by atoms with van der Waals surface area (Å²) in [6, 6.07) is 11.1. The quantitative estimate of drug-likeness (QED) is 0.603. The van der Waals surface area contributed by atoms with Crippen molar-refractivity contribution in [2.75, 3.05) is 0 Å². The summed E-state index contributed by atoms with van der Waals surface area (Å²) in [5.41, 5.74) is 1.90. The van der Waals surface area contributed by atoms with Gasteiger partial charge < -0.3 is 4.98 Å². The molecule has 0 saturated heterocycles. The summed E-state index contributed by atoms with van der Waals surface area (Å²) < 4.78 is 0.567. The molecule has 0 bridgehead atoms. The number of nitrogens with one attached hydrogen (secondary N) is 1. The first-order valence-corrected chi connectivity index (χ1v) is 7.97. The molecule has 4 rings (SSSR count). The number of hydrogen-bond donors (Lipinski definition) is 1. The van der Waals surface area contributed by atoms with Crippen molar-refractivity contribution in [2.24, 2.45) is 0 Å². The number of aromatic amines is 1. The molecule has 0 spiro atoms. The Balaban J connectivity index is 1.92. The lowest BCUT2D eigenvalue weighted by Gasteiger charge is -1.98. The second-order valence-corrected chi connectivity index (χ2v) is 6.27. The van der Waals surface area contributed by atoms with Gasteiger partial charge in [-0.05, 0) is 18.2 Å². The Morgan fingerprint density at radius 2 is 2.04 bits per heavy atom. The number of benzene rings is 1. The van der Waals surface area contributed by atoms with Crippen LogP contribution in [0.4, 0.5) is 0 Å². The third-order valence-corrected chi connectivity index (χ3v) is 4.83. The number of halogens is 1. The van der Waals surface area contributed by atoms with E-state index in [4.69, 9.17) is 11.6 Å². The smallest absolute Gasteiger partial charge is 0.269 e. The van der Waals surface area contributed by atoms with Crippen LogP contribution in [-0.2, 0) is 0 Å². The molecule has 3 heterocycles. The number of rotatable bonds is 2. The van der Waals surface area contributed by atoms with Crippen LogP contribution in [0.15, 0.2) is 53.7 Å². The molecule has 23 heavy (non-hydrogen) atoms. The number of hydrogen-bond acceptors (Lipinski definition) is 5. The summed E-state index contributed by atoms with van der Waals surface area (Å²) in [6.45, 7) is 0. The van der Waals surface area contributed by atoms with E-state index in [1.165, 1.54) is 17.7 Å². The standard InChI is InChI=1S/C16H9ClN4OS/c17-10-4-2-1-3-9(10)13-7-12-14(23-13)16(22)21-15(20-12)11-5-6-18-8-19-11/h1-8H,(H,20,21,22). The van der Waals surface area contributed by atoms with Crippen LogP contribution in [0, 0.1) is 0 Å². The highest BCUT2D eigenvalue weighted by molar-refractivity contribution is 7.22. The Labute approximate surface area is 139 Å². The minimum atomic E-state index is -0.188. The molecule has 0 saturated carbocycles. The van der Waals surface area contributed by atoms with E-state index in [0.29, 0.717) is 26.8 Å². The van der Waals surface area contributed by atoms with Crippen LogP contribution >= 0.6 is 22.9 Å². The van der Waals surface area contributed by atoms with Crippen LogP contribution in [0.1, 0.15) is 0 Å². The zero-order valence-electron chi connectivity index (χ0n) is 11.7. The Hall–Kier alpha value is -2.57. The third kappa shape index (κ3) is 2.52. The molecule has 0 unspecified atom stereocenters. The second kappa shape index (κ2) is 5.57. The summed E-state index contributed by atoms with van der Waals surface area (Å²) in [5.74, 6) is 0.424. The van der Waals surface area contributed by atoms with Crippen LogP contribution in [0.2, 0.25) is 5.02 Å². The lowest BCUT2D eigenvalue weighted by molar-refractivity contribution is 1.11. The van der Waals surface area contributed by atoms with Crippen molar-refractivity contribution in [3.63, 3.8) is 0 Å². The Morgan fingerprint density at radius 3 is 2.83 bits per heavy atom. The molecule has 4 aromatic rings. The Kier molecular flexibility index (Phi) is 3.40. The number of fused-ring (bicyclic) bond motifs is 1. The maximum atomic E-state index is 12.3. The van der Waals surface area contributed by atoms with Gasteiger partial charge in [-0.15, -0.1) is 11.3 Å². The SMILES string of the molecule is O=c1[nH]c(-c2ccncn2)nc2cc(-c3ccccc3Cl)sc12. The predicted octanol–water partition coefficient (Wildman–Crippen LogP) is 3.76. The normalized spacial score (nSPS) is 11.0. The molecule has 5 nitrogen and oxygen atoms in total. The summed E-state index contributed by atoms with van der Waals surface area (Å²) >= 11 is 7.61. The van der Waals surface area contributed by atoms with Crippen LogP contribution in [0.25, 0.3) is 32.2 Å². The average molecular weight is 341 g/mol. The topological polar surface area (TPSA) is 71.5 Å². The number of H-pyrrole nitrogens is 1. The molecule has 0 atom stereocenters. The van der Waals surface area contributed by atoms with Crippen molar-refractivity contribution >= 4 is 33.2 Å². The first kappa shape index (κ1) is 14.0. The molecular weight excluding hydrogens is 332 g/mol. The molecule has 0 radical (unpaired) electrons. The van der Waals surface area contributed by atoms with E-state index in [9.17, 15) is 4.79 Å². The van der Waals surface area contributed by atoms with Gasteiger partial charge in [0.2, 0.25) is 0 Å². The zero-order chi connectivity index (χ0) is 15.8. The summed E-state index contributed by atoms with van der Waals surface area (Å²) in [7, 11) is 0. The van der Waals surface area contributed by atoms with E-state index in [2.05, 4.69) is 19.9 Å². The fourth-order valence-electron chi connectivity index (χ4n) is 2.29. The molecule has 1 aromatic carbocycles. The Morgan fingerprint density at radius 1 is 1.17 bits per heavy atom. The first-order valence-electron chi connectivity index (χ1n) is 6.77. The highest BCUT2D eigenvalue weighted by atomic mass is 35.5. The Bertz CT molecular complexity index is 1060. The third-order valence-electron chi connectivity index (χ3n) is 3.35. The number of nitrogens with zero attached hydrogens (tertiary/aromatic N) is 3. The minimum Gasteiger partial charge on any atom is -0.304 e. The van der Waals surface area contributed by atoms with Crippen LogP contribution in [0.3, 0.4) is 0 Å². The predicted molar refractivity (Wildman–Crippen MR) is 91.7 cm³/mol. The lowest BCUT2D eigenvalue weighted by Crippen LogP contribution is -2.08. The molecule has 112 valence electrons. The van der Waals surface area contributed by atoms with Crippen LogP contribution in [0.5, 0.6) is 0 Å². The summed E-state index contributed by atoms with van der Waals surface area (Å²) in [5, 5.41) is 0.645. The first-order chi connectivity index (χ1) is 11.2. The molecule has 3 aromatic heterocycles. The largest absolute Gasteiger partial charge is 0.304 e. The van der Waals surface area contributed by atoms with E-state index < -0.39 is 0 Å². The molecule has 0 aliphatic heterocycles. The molecule has 0 aliphatic rings. The monoisotopic (exact) mass is 340 g/mol. The summed E-state index contributed by atoms with van der Waals surface area (Å²) in [4.78, 5) is 28.5. The van der Waals surface area contributed by atoms with E-state index >= 15 is 0 Å². The van der Waals surface area contributed by atoms with Gasteiger partial charge in [0.25, 0.3) is 5.56 Å². The highest BCUT2D eigenvalue weighted by Crippen LogP contribution is 2.35. The second-order valence-electron chi connectivity index (χ2n) is 4.81. The highest BCUT2D eigenvalue weighted by Gasteiger charge is 2.13. The van der Waals surface area contributed by atoms with E-state index in [1.807, 2.05) is 30.3 Å². The van der Waals surface area contributed by atoms with Gasteiger partial charge in [-0.2, -0.15) is 0 Å². The fourth-order valence-corrected chi connectivity index (χ4v) is 3.61. The van der Waals surface area contributed by atoms with Crippen molar-refractivity contribution in [2.45, 2.75) is 0 Å². The summed E-state index contributed by atoms with van der Waals surface area (Å²) in [6.07, 6.45) is 3.03. The van der Waals surface area contributed by atoms with E-state index in [1.54, 1.807) is 12.3 Å². The van der Waals surface area contributed by atoms with Crippen molar-refractivity contribution < 1.29 is 0 Å². The van der Waals surface area contributed by atoms with Crippen molar-refractivity contribution in [3.8, 4) is 22.0 Å². The number of aromatic nitrogens is 4. The fraction of sp³-hybridized carbons (Fsp3) is 0. The van der Waals surface area contributed by atoms with Gasteiger partial charge in [0, 0.05) is 21.7 Å². The van der Waals surface area contributed by atoms with Crippen LogP contribution < -0.4 is 5.56 Å². The van der Waals surface area contributed by atoms with Crippen molar-refractivity contribution in [3.05, 3.63) is 64.3 Å². The number of thiophene rings is 1. The van der Waals surface area contributed by atoms with Gasteiger partial charge in [0.05, 0.1) is 5.52 Å². The average Bonchev–Trinajstić information content (AvgIpc) is 3.00. The van der Waals surface area contributed by atoms with Gasteiger partial charge >= 0.3 is 0 Å². The molecule has 1 N–H and O–H groups in total. The molecule has 0 aliphatic carbocycles.